The zero-order valence-electron chi connectivity index (χ0n) is 18.6. The third-order valence-corrected chi connectivity index (χ3v) is 5.82. The van der Waals surface area contributed by atoms with Gasteiger partial charge in [-0.3, -0.25) is 9.78 Å². The van der Waals surface area contributed by atoms with Gasteiger partial charge in [0, 0.05) is 11.6 Å². The topological polar surface area (TPSA) is 82.4 Å². The van der Waals surface area contributed by atoms with Gasteiger partial charge < -0.3 is 14.4 Å². The fourth-order valence-electron chi connectivity index (χ4n) is 4.07. The second kappa shape index (κ2) is 8.99. The minimum Gasteiger partial charge on any atom is -0.490 e. The first-order valence-electron chi connectivity index (χ1n) is 11.0. The number of morpholine rings is 1. The SMILES string of the molecule is Cc1ccc(-n2nccn2)c(C(=O)N2C[C@H](COc3ccnc4ccccc34)OC[C@@H]2C)c1. The maximum Gasteiger partial charge on any atom is 0.256 e. The molecule has 0 N–H and O–H groups in total. The van der Waals surface area contributed by atoms with E-state index in [1.165, 1.54) is 4.80 Å². The van der Waals surface area contributed by atoms with Crippen molar-refractivity contribution in [2.45, 2.75) is 26.0 Å². The molecular weight excluding hydrogens is 418 g/mol. The van der Waals surface area contributed by atoms with Crippen LogP contribution in [0.15, 0.2) is 67.1 Å². The Bertz CT molecular complexity index is 1270. The number of amides is 1. The summed E-state index contributed by atoms with van der Waals surface area (Å²) in [4.78, 5) is 21.3. The van der Waals surface area contributed by atoms with E-state index in [0.717, 1.165) is 22.2 Å². The maximum absolute atomic E-state index is 13.6. The summed E-state index contributed by atoms with van der Waals surface area (Å²) in [5.74, 6) is 0.688. The van der Waals surface area contributed by atoms with Gasteiger partial charge in [-0.05, 0) is 44.2 Å². The van der Waals surface area contributed by atoms with E-state index in [1.807, 2.05) is 67.3 Å². The highest BCUT2D eigenvalue weighted by Gasteiger charge is 2.32. The number of rotatable bonds is 5. The predicted molar refractivity (Wildman–Crippen MR) is 124 cm³/mol. The number of carbonyl (C=O) groups excluding carboxylic acids is 1. The molecule has 168 valence electrons. The first-order valence-corrected chi connectivity index (χ1v) is 11.0. The quantitative estimate of drug-likeness (QED) is 0.470. The van der Waals surface area contributed by atoms with Crippen molar-refractivity contribution in [3.8, 4) is 11.4 Å². The van der Waals surface area contributed by atoms with E-state index < -0.39 is 0 Å². The van der Waals surface area contributed by atoms with Crippen LogP contribution in [0, 0.1) is 6.92 Å². The first-order chi connectivity index (χ1) is 16.1. The Morgan fingerprint density at radius 3 is 2.79 bits per heavy atom. The van der Waals surface area contributed by atoms with Crippen molar-refractivity contribution < 1.29 is 14.3 Å². The van der Waals surface area contributed by atoms with Crippen molar-refractivity contribution in [1.82, 2.24) is 24.9 Å². The standard InChI is InChI=1S/C25H25N5O3/c1-17-7-8-23(30-27-11-12-28-30)21(13-17)25(31)29-14-19(32-15-18(29)2)16-33-24-9-10-26-22-6-4-3-5-20(22)24/h3-13,18-19H,14-16H2,1-2H3/t18-,19+/m0/s1. The van der Waals surface area contributed by atoms with Crippen molar-refractivity contribution in [1.29, 1.82) is 0 Å². The van der Waals surface area contributed by atoms with Crippen molar-refractivity contribution in [2.24, 2.45) is 0 Å². The molecule has 2 aromatic heterocycles. The maximum atomic E-state index is 13.6. The number of nitrogens with zero attached hydrogens (tertiary/aromatic N) is 5. The summed E-state index contributed by atoms with van der Waals surface area (Å²) in [6, 6.07) is 15.4. The molecule has 3 heterocycles. The molecule has 2 atom stereocenters. The van der Waals surface area contributed by atoms with E-state index in [2.05, 4.69) is 15.2 Å². The van der Waals surface area contributed by atoms with Crippen LogP contribution in [0.4, 0.5) is 0 Å². The molecular formula is C25H25N5O3. The second-order valence-corrected chi connectivity index (χ2v) is 8.24. The normalized spacial score (nSPS) is 18.4. The van der Waals surface area contributed by atoms with E-state index in [4.69, 9.17) is 9.47 Å². The molecule has 0 bridgehead atoms. The van der Waals surface area contributed by atoms with E-state index in [1.54, 1.807) is 18.6 Å². The van der Waals surface area contributed by atoms with Gasteiger partial charge in [0.15, 0.2) is 0 Å². The zero-order chi connectivity index (χ0) is 22.8. The Morgan fingerprint density at radius 1 is 1.12 bits per heavy atom. The number of benzene rings is 2. The van der Waals surface area contributed by atoms with Crippen LogP contribution in [0.3, 0.4) is 0 Å². The molecule has 1 aliphatic rings. The van der Waals surface area contributed by atoms with Crippen molar-refractivity contribution in [3.05, 3.63) is 78.2 Å². The number of hydrogen-bond donors (Lipinski definition) is 0. The summed E-state index contributed by atoms with van der Waals surface area (Å²) in [5.41, 5.74) is 3.11. The Kier molecular flexibility index (Phi) is 5.75. The molecule has 0 unspecified atom stereocenters. The second-order valence-electron chi connectivity index (χ2n) is 8.24. The molecule has 2 aromatic carbocycles. The van der Waals surface area contributed by atoms with Gasteiger partial charge >= 0.3 is 0 Å². The number of ether oxygens (including phenoxy) is 2. The minimum atomic E-state index is -0.242. The smallest absolute Gasteiger partial charge is 0.256 e. The monoisotopic (exact) mass is 443 g/mol. The molecule has 5 rings (SSSR count). The van der Waals surface area contributed by atoms with Gasteiger partial charge in [-0.2, -0.15) is 15.0 Å². The first kappa shape index (κ1) is 21.1. The molecule has 1 aliphatic heterocycles. The third-order valence-electron chi connectivity index (χ3n) is 5.82. The lowest BCUT2D eigenvalue weighted by Gasteiger charge is -2.38. The van der Waals surface area contributed by atoms with Gasteiger partial charge in [0.05, 0.1) is 48.4 Å². The summed E-state index contributed by atoms with van der Waals surface area (Å²) < 4.78 is 12.1. The molecule has 8 heteroatoms. The van der Waals surface area contributed by atoms with Gasteiger partial charge in [-0.25, -0.2) is 0 Å². The van der Waals surface area contributed by atoms with Gasteiger partial charge in [-0.1, -0.05) is 23.8 Å². The van der Waals surface area contributed by atoms with Crippen molar-refractivity contribution >= 4 is 16.8 Å². The van der Waals surface area contributed by atoms with E-state index in [-0.39, 0.29) is 18.1 Å². The van der Waals surface area contributed by atoms with Crippen LogP contribution in [-0.2, 0) is 4.74 Å². The number of aryl methyl sites for hydroxylation is 1. The third kappa shape index (κ3) is 4.29. The van der Waals surface area contributed by atoms with Gasteiger partial charge in [0.25, 0.3) is 5.91 Å². The number of hydrogen-bond acceptors (Lipinski definition) is 6. The summed E-state index contributed by atoms with van der Waals surface area (Å²) >= 11 is 0. The van der Waals surface area contributed by atoms with Gasteiger partial charge in [-0.15, -0.1) is 0 Å². The van der Waals surface area contributed by atoms with Crippen LogP contribution in [0.25, 0.3) is 16.6 Å². The minimum absolute atomic E-state index is 0.0607. The summed E-state index contributed by atoms with van der Waals surface area (Å²) in [5, 5.41) is 9.37. The van der Waals surface area contributed by atoms with Crippen LogP contribution in [0.2, 0.25) is 0 Å². The molecule has 4 aromatic rings. The summed E-state index contributed by atoms with van der Waals surface area (Å²) in [6.45, 7) is 5.18. The van der Waals surface area contributed by atoms with Crippen LogP contribution >= 0.6 is 0 Å². The van der Waals surface area contributed by atoms with Gasteiger partial charge in [0.1, 0.15) is 18.5 Å². The predicted octanol–water partition coefficient (Wildman–Crippen LogP) is 3.43. The molecule has 0 spiro atoms. The zero-order valence-corrected chi connectivity index (χ0v) is 18.6. The van der Waals surface area contributed by atoms with Crippen molar-refractivity contribution in [3.63, 3.8) is 0 Å². The average molecular weight is 444 g/mol. The molecule has 0 aliphatic carbocycles. The lowest BCUT2D eigenvalue weighted by Crippen LogP contribution is -2.52. The van der Waals surface area contributed by atoms with Crippen molar-refractivity contribution in [2.75, 3.05) is 19.8 Å². The number of carbonyl (C=O) groups is 1. The van der Waals surface area contributed by atoms with Crippen LogP contribution in [-0.4, -0.2) is 62.7 Å². The van der Waals surface area contributed by atoms with E-state index in [0.29, 0.717) is 31.0 Å². The van der Waals surface area contributed by atoms with Crippen LogP contribution in [0.1, 0.15) is 22.8 Å². The fourth-order valence-corrected chi connectivity index (χ4v) is 4.07. The fraction of sp³-hybridized carbons (Fsp3) is 0.280. The Balaban J connectivity index is 1.34. The molecule has 1 saturated heterocycles. The lowest BCUT2D eigenvalue weighted by atomic mass is 10.1. The Labute approximate surface area is 191 Å². The van der Waals surface area contributed by atoms with E-state index >= 15 is 0 Å². The molecule has 0 saturated carbocycles. The largest absolute Gasteiger partial charge is 0.490 e. The molecule has 33 heavy (non-hydrogen) atoms. The summed E-state index contributed by atoms with van der Waals surface area (Å²) in [7, 11) is 0. The van der Waals surface area contributed by atoms with E-state index in [9.17, 15) is 4.79 Å². The average Bonchev–Trinajstić information content (AvgIpc) is 3.38. The summed E-state index contributed by atoms with van der Waals surface area (Å²) in [6.07, 6.45) is 4.69. The number of fused-ring (bicyclic) bond motifs is 1. The highest BCUT2D eigenvalue weighted by Crippen LogP contribution is 2.25. The number of pyridine rings is 1. The lowest BCUT2D eigenvalue weighted by molar-refractivity contribution is -0.0626. The van der Waals surface area contributed by atoms with Gasteiger partial charge in [0.2, 0.25) is 0 Å². The highest BCUT2D eigenvalue weighted by atomic mass is 16.5. The molecule has 0 radical (unpaired) electrons. The Morgan fingerprint density at radius 2 is 1.94 bits per heavy atom. The Hall–Kier alpha value is -3.78. The molecule has 1 fully saturated rings. The highest BCUT2D eigenvalue weighted by molar-refractivity contribution is 5.98. The van der Waals surface area contributed by atoms with Crippen LogP contribution < -0.4 is 4.74 Å². The van der Waals surface area contributed by atoms with Crippen LogP contribution in [0.5, 0.6) is 5.75 Å². The number of aromatic nitrogens is 4. The molecule has 8 nitrogen and oxygen atoms in total. The molecule has 1 amide bonds. The number of para-hydroxylation sites is 1.